The number of carbonyl (C=O) groups is 2. The Balaban J connectivity index is 2.10. The van der Waals surface area contributed by atoms with E-state index in [1.165, 1.54) is 25.3 Å². The number of carboxylic acids is 1. The molecule has 26 heavy (non-hydrogen) atoms. The molecular formula is C18H19NO6S. The molecule has 138 valence electrons. The summed E-state index contributed by atoms with van der Waals surface area (Å²) < 4.78 is 27.7. The molecule has 0 bridgehead atoms. The summed E-state index contributed by atoms with van der Waals surface area (Å²) in [6.07, 6.45) is 1.13. The van der Waals surface area contributed by atoms with Crippen molar-refractivity contribution < 1.29 is 27.9 Å². The van der Waals surface area contributed by atoms with E-state index in [4.69, 9.17) is 4.74 Å². The first-order valence-corrected chi connectivity index (χ1v) is 9.71. The number of sulfone groups is 1. The third-order valence-electron chi connectivity index (χ3n) is 3.57. The van der Waals surface area contributed by atoms with Crippen LogP contribution in [0.4, 0.5) is 0 Å². The summed E-state index contributed by atoms with van der Waals surface area (Å²) in [7, 11) is -1.81. The molecule has 0 aromatic heterocycles. The first-order valence-electron chi connectivity index (χ1n) is 7.64. The average molecular weight is 377 g/mol. The predicted molar refractivity (Wildman–Crippen MR) is 96.1 cm³/mol. The van der Waals surface area contributed by atoms with Crippen LogP contribution in [-0.4, -0.2) is 38.8 Å². The van der Waals surface area contributed by atoms with Crippen molar-refractivity contribution in [3.63, 3.8) is 0 Å². The minimum atomic E-state index is -3.19. The fraction of sp³-hybridized carbons (Fsp3) is 0.222. The van der Waals surface area contributed by atoms with Gasteiger partial charge in [-0.25, -0.2) is 13.2 Å². The molecule has 0 fully saturated rings. The highest BCUT2D eigenvalue weighted by molar-refractivity contribution is 7.89. The molecule has 8 heteroatoms. The Kier molecular flexibility index (Phi) is 5.99. The van der Waals surface area contributed by atoms with E-state index in [1.54, 1.807) is 24.3 Å². The molecule has 0 atom stereocenters. The van der Waals surface area contributed by atoms with Crippen LogP contribution in [-0.2, 0) is 22.1 Å². The van der Waals surface area contributed by atoms with E-state index in [2.05, 4.69) is 5.32 Å². The van der Waals surface area contributed by atoms with Gasteiger partial charge in [0, 0.05) is 18.4 Å². The van der Waals surface area contributed by atoms with Crippen molar-refractivity contribution in [3.8, 4) is 5.75 Å². The Morgan fingerprint density at radius 2 is 1.85 bits per heavy atom. The monoisotopic (exact) mass is 377 g/mol. The summed E-state index contributed by atoms with van der Waals surface area (Å²) >= 11 is 0. The Labute approximate surface area is 151 Å². The number of carboxylic acid groups (broad SMARTS) is 1. The van der Waals surface area contributed by atoms with Gasteiger partial charge in [0.1, 0.15) is 11.3 Å². The van der Waals surface area contributed by atoms with Gasteiger partial charge in [-0.15, -0.1) is 0 Å². The van der Waals surface area contributed by atoms with Crippen LogP contribution in [0.5, 0.6) is 5.75 Å². The lowest BCUT2D eigenvalue weighted by Gasteiger charge is -2.10. The minimum Gasteiger partial charge on any atom is -0.496 e. The second-order valence-electron chi connectivity index (χ2n) is 5.79. The van der Waals surface area contributed by atoms with E-state index >= 15 is 0 Å². The van der Waals surface area contributed by atoms with Crippen LogP contribution in [0, 0.1) is 0 Å². The van der Waals surface area contributed by atoms with Crippen LogP contribution in [0.3, 0.4) is 0 Å². The topological polar surface area (TPSA) is 110 Å². The predicted octanol–water partition coefficient (Wildman–Crippen LogP) is 1.87. The van der Waals surface area contributed by atoms with Crippen molar-refractivity contribution in [1.29, 1.82) is 0 Å². The van der Waals surface area contributed by atoms with Gasteiger partial charge < -0.3 is 15.2 Å². The smallest absolute Gasteiger partial charge is 0.339 e. The fourth-order valence-electron chi connectivity index (χ4n) is 2.42. The number of aromatic carboxylic acids is 1. The molecule has 0 aliphatic carbocycles. The number of benzene rings is 2. The maximum absolute atomic E-state index is 12.3. The molecule has 0 aliphatic rings. The summed E-state index contributed by atoms with van der Waals surface area (Å²) in [5, 5.41) is 11.9. The number of hydrogen-bond donors (Lipinski definition) is 2. The van der Waals surface area contributed by atoms with E-state index in [0.29, 0.717) is 16.7 Å². The number of rotatable bonds is 7. The van der Waals surface area contributed by atoms with Crippen molar-refractivity contribution in [1.82, 2.24) is 5.32 Å². The molecule has 0 radical (unpaired) electrons. The molecule has 2 N–H and O–H groups in total. The average Bonchev–Trinajstić information content (AvgIpc) is 2.58. The van der Waals surface area contributed by atoms with Crippen LogP contribution in [0.1, 0.15) is 31.8 Å². The lowest BCUT2D eigenvalue weighted by molar-refractivity contribution is 0.0693. The van der Waals surface area contributed by atoms with Gasteiger partial charge in [0.25, 0.3) is 5.91 Å². The highest BCUT2D eigenvalue weighted by Gasteiger charge is 2.13. The largest absolute Gasteiger partial charge is 0.496 e. The number of methoxy groups -OCH3 is 1. The number of ether oxygens (including phenoxy) is 1. The SMILES string of the molecule is COc1ccc(CNC(=O)c2cccc(CS(C)(=O)=O)c2)cc1C(=O)O. The molecule has 1 amide bonds. The zero-order valence-electron chi connectivity index (χ0n) is 14.4. The molecule has 0 unspecified atom stereocenters. The van der Waals surface area contributed by atoms with Crippen LogP contribution in [0.25, 0.3) is 0 Å². The first kappa shape index (κ1) is 19.5. The van der Waals surface area contributed by atoms with Crippen LogP contribution >= 0.6 is 0 Å². The number of carbonyl (C=O) groups excluding carboxylic acids is 1. The van der Waals surface area contributed by atoms with Gasteiger partial charge in [-0.05, 0) is 35.4 Å². The van der Waals surface area contributed by atoms with E-state index in [-0.39, 0.29) is 29.5 Å². The van der Waals surface area contributed by atoms with Gasteiger partial charge in [-0.3, -0.25) is 4.79 Å². The van der Waals surface area contributed by atoms with Crippen molar-refractivity contribution >= 4 is 21.7 Å². The van der Waals surface area contributed by atoms with E-state index in [0.717, 1.165) is 6.26 Å². The molecule has 7 nitrogen and oxygen atoms in total. The third kappa shape index (κ3) is 5.32. The van der Waals surface area contributed by atoms with Crippen molar-refractivity contribution in [3.05, 3.63) is 64.7 Å². The molecular weight excluding hydrogens is 358 g/mol. The molecule has 0 heterocycles. The molecule has 2 aromatic carbocycles. The van der Waals surface area contributed by atoms with Crippen LogP contribution in [0.15, 0.2) is 42.5 Å². The maximum atomic E-state index is 12.3. The molecule has 0 saturated carbocycles. The summed E-state index contributed by atoms with van der Waals surface area (Å²) in [5.74, 6) is -1.41. The van der Waals surface area contributed by atoms with E-state index in [9.17, 15) is 23.1 Å². The molecule has 0 saturated heterocycles. The quantitative estimate of drug-likeness (QED) is 0.762. The van der Waals surface area contributed by atoms with Crippen molar-refractivity contribution in [2.24, 2.45) is 0 Å². The lowest BCUT2D eigenvalue weighted by atomic mass is 10.1. The summed E-state index contributed by atoms with van der Waals surface area (Å²) in [4.78, 5) is 23.5. The van der Waals surface area contributed by atoms with E-state index < -0.39 is 15.8 Å². The van der Waals surface area contributed by atoms with Crippen LogP contribution in [0.2, 0.25) is 0 Å². The van der Waals surface area contributed by atoms with Crippen LogP contribution < -0.4 is 10.1 Å². The number of amides is 1. The lowest BCUT2D eigenvalue weighted by Crippen LogP contribution is -2.23. The summed E-state index contributed by atoms with van der Waals surface area (Å²) in [6, 6.07) is 11.0. The summed E-state index contributed by atoms with van der Waals surface area (Å²) in [6.45, 7) is 0.124. The zero-order valence-corrected chi connectivity index (χ0v) is 15.2. The van der Waals surface area contributed by atoms with Gasteiger partial charge in [0.2, 0.25) is 0 Å². The van der Waals surface area contributed by atoms with Crippen molar-refractivity contribution in [2.75, 3.05) is 13.4 Å². The molecule has 2 aromatic rings. The Morgan fingerprint density at radius 3 is 2.46 bits per heavy atom. The maximum Gasteiger partial charge on any atom is 0.339 e. The standard InChI is InChI=1S/C18H19NO6S/c1-25-16-7-6-12(9-15(16)18(21)22)10-19-17(20)14-5-3-4-13(8-14)11-26(2,23)24/h3-9H,10-11H2,1-2H3,(H,19,20)(H,21,22). The Hall–Kier alpha value is -2.87. The van der Waals surface area contributed by atoms with Gasteiger partial charge >= 0.3 is 5.97 Å². The Morgan fingerprint density at radius 1 is 1.12 bits per heavy atom. The normalized spacial score (nSPS) is 11.0. The molecule has 0 spiro atoms. The van der Waals surface area contributed by atoms with Gasteiger partial charge in [-0.1, -0.05) is 18.2 Å². The fourth-order valence-corrected chi connectivity index (χ4v) is 3.21. The zero-order chi connectivity index (χ0) is 19.3. The minimum absolute atomic E-state index is 0.00870. The van der Waals surface area contributed by atoms with Gasteiger partial charge in [0.15, 0.2) is 9.84 Å². The Bertz CT molecular complexity index is 936. The second-order valence-corrected chi connectivity index (χ2v) is 7.93. The van der Waals surface area contributed by atoms with Gasteiger partial charge in [0.05, 0.1) is 12.9 Å². The number of nitrogens with one attached hydrogen (secondary N) is 1. The first-order chi connectivity index (χ1) is 12.2. The van der Waals surface area contributed by atoms with Gasteiger partial charge in [-0.2, -0.15) is 0 Å². The highest BCUT2D eigenvalue weighted by Crippen LogP contribution is 2.20. The molecule has 2 rings (SSSR count). The van der Waals surface area contributed by atoms with Crippen molar-refractivity contribution in [2.45, 2.75) is 12.3 Å². The summed E-state index contributed by atoms with van der Waals surface area (Å²) in [5.41, 5.74) is 1.47. The highest BCUT2D eigenvalue weighted by atomic mass is 32.2. The second kappa shape index (κ2) is 8.01. The number of hydrogen-bond acceptors (Lipinski definition) is 5. The van der Waals surface area contributed by atoms with E-state index in [1.807, 2.05) is 0 Å². The molecule has 0 aliphatic heterocycles. The third-order valence-corrected chi connectivity index (χ3v) is 4.42.